The molecule has 1 fully saturated rings. The van der Waals surface area contributed by atoms with Crippen molar-refractivity contribution in [2.75, 3.05) is 38.5 Å². The van der Waals surface area contributed by atoms with Crippen LogP contribution in [0.5, 0.6) is 0 Å². The van der Waals surface area contributed by atoms with Crippen molar-refractivity contribution in [1.29, 1.82) is 0 Å². The fourth-order valence-electron chi connectivity index (χ4n) is 2.30. The summed E-state index contributed by atoms with van der Waals surface area (Å²) in [4.78, 5) is 20.9. The van der Waals surface area contributed by atoms with Crippen LogP contribution in [-0.2, 0) is 0 Å². The number of piperazine rings is 1. The van der Waals surface area contributed by atoms with Gasteiger partial charge in [0.25, 0.3) is 5.91 Å². The van der Waals surface area contributed by atoms with E-state index in [9.17, 15) is 4.79 Å². The van der Waals surface area contributed by atoms with Gasteiger partial charge in [-0.2, -0.15) is 0 Å². The van der Waals surface area contributed by atoms with E-state index < -0.39 is 0 Å². The van der Waals surface area contributed by atoms with E-state index in [0.29, 0.717) is 11.7 Å². The SMILES string of the molecule is CNc1cccc(C(=O)N2CCN(C(C)C)CC2)n1. The molecular formula is C14H22N4O. The number of hydrogen-bond acceptors (Lipinski definition) is 4. The molecule has 1 saturated heterocycles. The van der Waals surface area contributed by atoms with E-state index in [1.165, 1.54) is 0 Å². The highest BCUT2D eigenvalue weighted by atomic mass is 16.2. The molecule has 0 spiro atoms. The Balaban J connectivity index is 2.01. The van der Waals surface area contributed by atoms with Crippen LogP contribution >= 0.6 is 0 Å². The number of rotatable bonds is 3. The first-order chi connectivity index (χ1) is 9.11. The molecule has 0 unspecified atom stereocenters. The van der Waals surface area contributed by atoms with Gasteiger partial charge in [0.2, 0.25) is 0 Å². The molecule has 104 valence electrons. The van der Waals surface area contributed by atoms with E-state index in [0.717, 1.165) is 32.0 Å². The number of nitrogens with zero attached hydrogens (tertiary/aromatic N) is 3. The second kappa shape index (κ2) is 6.02. The molecule has 0 bridgehead atoms. The Labute approximate surface area is 114 Å². The fourth-order valence-corrected chi connectivity index (χ4v) is 2.30. The Morgan fingerprint density at radius 3 is 2.53 bits per heavy atom. The second-order valence-corrected chi connectivity index (χ2v) is 5.08. The van der Waals surface area contributed by atoms with Crippen molar-refractivity contribution >= 4 is 11.7 Å². The van der Waals surface area contributed by atoms with Crippen LogP contribution in [0.3, 0.4) is 0 Å². The molecule has 1 aliphatic rings. The minimum absolute atomic E-state index is 0.0282. The third-order valence-electron chi connectivity index (χ3n) is 3.56. The summed E-state index contributed by atoms with van der Waals surface area (Å²) in [7, 11) is 1.80. The summed E-state index contributed by atoms with van der Waals surface area (Å²) in [6.45, 7) is 7.82. The molecule has 2 heterocycles. The lowest BCUT2D eigenvalue weighted by Crippen LogP contribution is -2.50. The number of hydrogen-bond donors (Lipinski definition) is 1. The van der Waals surface area contributed by atoms with E-state index in [1.807, 2.05) is 17.0 Å². The number of pyridine rings is 1. The molecule has 19 heavy (non-hydrogen) atoms. The molecule has 0 saturated carbocycles. The monoisotopic (exact) mass is 262 g/mol. The van der Waals surface area contributed by atoms with Crippen molar-refractivity contribution in [3.8, 4) is 0 Å². The topological polar surface area (TPSA) is 48.5 Å². The molecule has 1 aromatic rings. The van der Waals surface area contributed by atoms with Gasteiger partial charge in [-0.3, -0.25) is 9.69 Å². The first-order valence-corrected chi connectivity index (χ1v) is 6.80. The fraction of sp³-hybridized carbons (Fsp3) is 0.571. The Morgan fingerprint density at radius 1 is 1.26 bits per heavy atom. The van der Waals surface area contributed by atoms with Gasteiger partial charge in [0.15, 0.2) is 0 Å². The summed E-state index contributed by atoms with van der Waals surface area (Å²) in [6, 6.07) is 6.03. The van der Waals surface area contributed by atoms with E-state index >= 15 is 0 Å². The summed E-state index contributed by atoms with van der Waals surface area (Å²) < 4.78 is 0. The quantitative estimate of drug-likeness (QED) is 0.891. The molecule has 1 N–H and O–H groups in total. The predicted molar refractivity (Wildman–Crippen MR) is 76.4 cm³/mol. The van der Waals surface area contributed by atoms with Crippen molar-refractivity contribution in [2.24, 2.45) is 0 Å². The van der Waals surface area contributed by atoms with Gasteiger partial charge in [-0.25, -0.2) is 4.98 Å². The molecule has 0 aliphatic carbocycles. The van der Waals surface area contributed by atoms with Crippen LogP contribution in [0.25, 0.3) is 0 Å². The van der Waals surface area contributed by atoms with Crippen LogP contribution in [0.4, 0.5) is 5.82 Å². The van der Waals surface area contributed by atoms with Crippen molar-refractivity contribution in [3.63, 3.8) is 0 Å². The zero-order chi connectivity index (χ0) is 13.8. The third-order valence-corrected chi connectivity index (χ3v) is 3.56. The number of aromatic nitrogens is 1. The Bertz CT molecular complexity index is 439. The molecule has 0 radical (unpaired) electrons. The number of carbonyl (C=O) groups excluding carboxylic acids is 1. The van der Waals surface area contributed by atoms with Crippen LogP contribution in [0.2, 0.25) is 0 Å². The Kier molecular flexibility index (Phi) is 4.37. The largest absolute Gasteiger partial charge is 0.373 e. The highest BCUT2D eigenvalue weighted by Gasteiger charge is 2.23. The second-order valence-electron chi connectivity index (χ2n) is 5.08. The Morgan fingerprint density at radius 2 is 1.95 bits per heavy atom. The highest BCUT2D eigenvalue weighted by Crippen LogP contribution is 2.11. The first-order valence-electron chi connectivity index (χ1n) is 6.80. The lowest BCUT2D eigenvalue weighted by molar-refractivity contribution is 0.0590. The van der Waals surface area contributed by atoms with Gasteiger partial charge in [0.05, 0.1) is 0 Å². The first kappa shape index (κ1) is 13.8. The van der Waals surface area contributed by atoms with Gasteiger partial charge >= 0.3 is 0 Å². The number of nitrogens with one attached hydrogen (secondary N) is 1. The molecule has 5 nitrogen and oxygen atoms in total. The van der Waals surface area contributed by atoms with Gasteiger partial charge in [-0.15, -0.1) is 0 Å². The molecule has 1 amide bonds. The van der Waals surface area contributed by atoms with Crippen molar-refractivity contribution in [1.82, 2.24) is 14.8 Å². The molecular weight excluding hydrogens is 240 g/mol. The maximum Gasteiger partial charge on any atom is 0.272 e. The third kappa shape index (κ3) is 3.23. The zero-order valence-electron chi connectivity index (χ0n) is 11.9. The maximum absolute atomic E-state index is 12.4. The van der Waals surface area contributed by atoms with E-state index in [2.05, 4.69) is 29.0 Å². The zero-order valence-corrected chi connectivity index (χ0v) is 11.9. The van der Waals surface area contributed by atoms with Crippen LogP contribution in [-0.4, -0.2) is 60.0 Å². The minimum Gasteiger partial charge on any atom is -0.373 e. The lowest BCUT2D eigenvalue weighted by atomic mass is 10.2. The normalized spacial score (nSPS) is 16.7. The summed E-state index contributed by atoms with van der Waals surface area (Å²) in [5, 5.41) is 2.96. The Hall–Kier alpha value is -1.62. The molecule has 0 atom stereocenters. The van der Waals surface area contributed by atoms with Crippen LogP contribution < -0.4 is 5.32 Å². The maximum atomic E-state index is 12.4. The number of amides is 1. The molecule has 1 aromatic heterocycles. The average Bonchev–Trinajstić information content (AvgIpc) is 2.46. The summed E-state index contributed by atoms with van der Waals surface area (Å²) >= 11 is 0. The van der Waals surface area contributed by atoms with E-state index in [-0.39, 0.29) is 5.91 Å². The summed E-state index contributed by atoms with van der Waals surface area (Å²) in [5.74, 6) is 0.757. The van der Waals surface area contributed by atoms with Gasteiger partial charge in [-0.1, -0.05) is 6.07 Å². The highest BCUT2D eigenvalue weighted by molar-refractivity contribution is 5.92. The van der Waals surface area contributed by atoms with Crippen LogP contribution in [0, 0.1) is 0 Å². The van der Waals surface area contributed by atoms with Gasteiger partial charge in [0, 0.05) is 39.3 Å². The smallest absolute Gasteiger partial charge is 0.272 e. The van der Waals surface area contributed by atoms with E-state index in [4.69, 9.17) is 0 Å². The van der Waals surface area contributed by atoms with Crippen molar-refractivity contribution in [2.45, 2.75) is 19.9 Å². The molecule has 5 heteroatoms. The molecule has 0 aromatic carbocycles. The predicted octanol–water partition coefficient (Wildman–Crippen LogP) is 1.29. The van der Waals surface area contributed by atoms with Gasteiger partial charge in [-0.05, 0) is 26.0 Å². The number of anilines is 1. The van der Waals surface area contributed by atoms with Gasteiger partial charge in [0.1, 0.15) is 11.5 Å². The van der Waals surface area contributed by atoms with Crippen LogP contribution in [0.15, 0.2) is 18.2 Å². The number of carbonyl (C=O) groups is 1. The van der Waals surface area contributed by atoms with Crippen molar-refractivity contribution in [3.05, 3.63) is 23.9 Å². The van der Waals surface area contributed by atoms with Gasteiger partial charge < -0.3 is 10.2 Å². The lowest BCUT2D eigenvalue weighted by Gasteiger charge is -2.36. The van der Waals surface area contributed by atoms with E-state index in [1.54, 1.807) is 13.1 Å². The van der Waals surface area contributed by atoms with Crippen molar-refractivity contribution < 1.29 is 4.79 Å². The summed E-state index contributed by atoms with van der Waals surface area (Å²) in [6.07, 6.45) is 0. The molecule has 2 rings (SSSR count). The average molecular weight is 262 g/mol. The standard InChI is InChI=1S/C14H22N4O/c1-11(2)17-7-9-18(10-8-17)14(19)12-5-4-6-13(15-3)16-12/h4-6,11H,7-10H2,1-3H3,(H,15,16). The molecule has 1 aliphatic heterocycles. The van der Waals surface area contributed by atoms with Crippen LogP contribution in [0.1, 0.15) is 24.3 Å². The summed E-state index contributed by atoms with van der Waals surface area (Å²) in [5.41, 5.74) is 0.518. The minimum atomic E-state index is 0.0282.